The van der Waals surface area contributed by atoms with Crippen LogP contribution in [0.3, 0.4) is 0 Å². The molecule has 0 spiro atoms. The predicted molar refractivity (Wildman–Crippen MR) is 109 cm³/mol. The van der Waals surface area contributed by atoms with Gasteiger partial charge in [0.05, 0.1) is 18.6 Å². The summed E-state index contributed by atoms with van der Waals surface area (Å²) < 4.78 is 6.26. The first-order chi connectivity index (χ1) is 11.6. The smallest absolute Gasteiger partial charge is 0.250 e. The Morgan fingerprint density at radius 1 is 1.25 bits per heavy atom. The van der Waals surface area contributed by atoms with Crippen LogP contribution in [0, 0.1) is 3.57 Å². The second kappa shape index (κ2) is 9.68. The summed E-state index contributed by atoms with van der Waals surface area (Å²) in [7, 11) is 1.65. The fourth-order valence-corrected chi connectivity index (χ4v) is 3.26. The van der Waals surface area contributed by atoms with Gasteiger partial charge >= 0.3 is 0 Å². The molecular formula is C18H19IN2O2S. The van der Waals surface area contributed by atoms with Gasteiger partial charge in [0.1, 0.15) is 5.75 Å². The minimum atomic E-state index is -0.0986. The summed E-state index contributed by atoms with van der Waals surface area (Å²) in [5, 5.41) is 4.17. The highest BCUT2D eigenvalue weighted by molar-refractivity contribution is 14.1. The van der Waals surface area contributed by atoms with E-state index in [2.05, 4.69) is 33.1 Å². The first-order valence-corrected chi connectivity index (χ1v) is 9.61. The van der Waals surface area contributed by atoms with Crippen LogP contribution in [0.1, 0.15) is 18.1 Å². The highest BCUT2D eigenvalue weighted by Crippen LogP contribution is 2.16. The molecule has 0 aliphatic rings. The lowest BCUT2D eigenvalue weighted by atomic mass is 10.1. The number of nitrogens with zero attached hydrogens (tertiary/aromatic N) is 1. The van der Waals surface area contributed by atoms with Gasteiger partial charge in [0.2, 0.25) is 5.91 Å². The average molecular weight is 454 g/mol. The minimum Gasteiger partial charge on any atom is -0.497 e. The second-order valence-corrected chi connectivity index (χ2v) is 7.31. The van der Waals surface area contributed by atoms with E-state index in [1.54, 1.807) is 18.9 Å². The van der Waals surface area contributed by atoms with E-state index >= 15 is 0 Å². The number of benzene rings is 2. The Bertz CT molecular complexity index is 717. The maximum Gasteiger partial charge on any atom is 0.250 e. The van der Waals surface area contributed by atoms with Gasteiger partial charge in [-0.15, -0.1) is 11.8 Å². The van der Waals surface area contributed by atoms with Crippen molar-refractivity contribution in [3.05, 3.63) is 63.2 Å². The van der Waals surface area contributed by atoms with E-state index in [-0.39, 0.29) is 5.91 Å². The maximum atomic E-state index is 11.9. The van der Waals surface area contributed by atoms with Crippen molar-refractivity contribution in [2.75, 3.05) is 12.9 Å². The monoisotopic (exact) mass is 454 g/mol. The van der Waals surface area contributed by atoms with Crippen LogP contribution in [-0.4, -0.2) is 24.5 Å². The van der Waals surface area contributed by atoms with Crippen molar-refractivity contribution < 1.29 is 9.53 Å². The van der Waals surface area contributed by atoms with E-state index in [0.29, 0.717) is 5.75 Å². The fourth-order valence-electron chi connectivity index (χ4n) is 1.94. The zero-order valence-electron chi connectivity index (χ0n) is 13.6. The zero-order chi connectivity index (χ0) is 17.4. The maximum absolute atomic E-state index is 11.9. The van der Waals surface area contributed by atoms with Gasteiger partial charge < -0.3 is 4.74 Å². The quantitative estimate of drug-likeness (QED) is 0.390. The largest absolute Gasteiger partial charge is 0.497 e. The number of rotatable bonds is 7. The molecule has 2 rings (SSSR count). The van der Waals surface area contributed by atoms with Gasteiger partial charge in [-0.25, -0.2) is 5.43 Å². The Kier molecular flexibility index (Phi) is 7.58. The highest BCUT2D eigenvalue weighted by atomic mass is 127. The molecular weight excluding hydrogens is 435 g/mol. The minimum absolute atomic E-state index is 0.0986. The van der Waals surface area contributed by atoms with Crippen LogP contribution in [0.15, 0.2) is 53.6 Å². The highest BCUT2D eigenvalue weighted by Gasteiger charge is 2.03. The van der Waals surface area contributed by atoms with Crippen molar-refractivity contribution >= 4 is 46.0 Å². The van der Waals surface area contributed by atoms with E-state index in [1.165, 1.54) is 0 Å². The third-order valence-corrected chi connectivity index (χ3v) is 4.93. The number of hydrogen-bond donors (Lipinski definition) is 1. The number of carbonyl (C=O) groups is 1. The Hall–Kier alpha value is -1.54. The summed E-state index contributed by atoms with van der Waals surface area (Å²) in [5.41, 5.74) is 5.57. The molecule has 0 aromatic heterocycles. The van der Waals surface area contributed by atoms with E-state index < -0.39 is 0 Å². The molecule has 0 radical (unpaired) electrons. The van der Waals surface area contributed by atoms with Crippen molar-refractivity contribution in [1.29, 1.82) is 0 Å². The molecule has 24 heavy (non-hydrogen) atoms. The van der Waals surface area contributed by atoms with Gasteiger partial charge in [-0.3, -0.25) is 4.79 Å². The molecule has 2 aromatic carbocycles. The van der Waals surface area contributed by atoms with Gasteiger partial charge in [-0.1, -0.05) is 24.3 Å². The molecule has 2 aromatic rings. The van der Waals surface area contributed by atoms with Crippen LogP contribution in [0.25, 0.3) is 0 Å². The number of hydrazone groups is 1. The molecule has 126 valence electrons. The topological polar surface area (TPSA) is 50.7 Å². The number of ether oxygens (including phenoxy) is 1. The normalized spacial score (nSPS) is 11.2. The van der Waals surface area contributed by atoms with Crippen LogP contribution in [0.4, 0.5) is 0 Å². The molecule has 1 amide bonds. The molecule has 0 aliphatic heterocycles. The molecule has 1 N–H and O–H groups in total. The Balaban J connectivity index is 1.77. The first-order valence-electron chi connectivity index (χ1n) is 7.38. The van der Waals surface area contributed by atoms with Crippen LogP contribution in [0.2, 0.25) is 0 Å². The number of methoxy groups -OCH3 is 1. The molecule has 6 heteroatoms. The predicted octanol–water partition coefficient (Wildman–Crippen LogP) is 4.07. The van der Waals surface area contributed by atoms with Crippen molar-refractivity contribution in [2.45, 2.75) is 12.7 Å². The second-order valence-electron chi connectivity index (χ2n) is 5.08. The Morgan fingerprint density at radius 3 is 2.67 bits per heavy atom. The number of hydrogen-bond acceptors (Lipinski definition) is 4. The van der Waals surface area contributed by atoms with Crippen LogP contribution in [-0.2, 0) is 10.5 Å². The molecule has 0 heterocycles. The van der Waals surface area contributed by atoms with E-state index in [9.17, 15) is 4.79 Å². The van der Waals surface area contributed by atoms with Gasteiger partial charge in [0, 0.05) is 9.32 Å². The number of thioether (sulfide) groups is 1. The SMILES string of the molecule is COc1ccc(CSCC(=O)N/N=C(/C)c2cccc(I)c2)cc1. The van der Waals surface area contributed by atoms with Gasteiger partial charge in [0.15, 0.2) is 0 Å². The first kappa shape index (κ1) is 18.8. The number of amides is 1. The molecule has 4 nitrogen and oxygen atoms in total. The third-order valence-electron chi connectivity index (χ3n) is 3.25. The lowest BCUT2D eigenvalue weighted by Crippen LogP contribution is -2.21. The lowest BCUT2D eigenvalue weighted by molar-refractivity contribution is -0.118. The van der Waals surface area contributed by atoms with E-state index in [1.807, 2.05) is 55.5 Å². The number of carbonyl (C=O) groups excluding carboxylic acids is 1. The van der Waals surface area contributed by atoms with E-state index in [4.69, 9.17) is 4.74 Å². The summed E-state index contributed by atoms with van der Waals surface area (Å²) in [6, 6.07) is 15.9. The van der Waals surface area contributed by atoms with Crippen LogP contribution in [0.5, 0.6) is 5.75 Å². The van der Waals surface area contributed by atoms with Gasteiger partial charge in [-0.05, 0) is 64.9 Å². The molecule has 0 saturated heterocycles. The fraction of sp³-hybridized carbons (Fsp3) is 0.222. The van der Waals surface area contributed by atoms with Crippen molar-refractivity contribution in [3.63, 3.8) is 0 Å². The summed E-state index contributed by atoms with van der Waals surface area (Å²) in [4.78, 5) is 11.9. The summed E-state index contributed by atoms with van der Waals surface area (Å²) in [6.07, 6.45) is 0. The van der Waals surface area contributed by atoms with Gasteiger partial charge in [-0.2, -0.15) is 5.10 Å². The zero-order valence-corrected chi connectivity index (χ0v) is 16.6. The van der Waals surface area contributed by atoms with Crippen LogP contribution < -0.4 is 10.2 Å². The third kappa shape index (κ3) is 6.16. The molecule has 0 saturated carbocycles. The summed E-state index contributed by atoms with van der Waals surface area (Å²) in [6.45, 7) is 1.89. The summed E-state index contributed by atoms with van der Waals surface area (Å²) in [5.74, 6) is 1.88. The standard InChI is InChI=1S/C18H19IN2O2S/c1-13(15-4-3-5-16(19)10-15)20-21-18(22)12-24-11-14-6-8-17(23-2)9-7-14/h3-10H,11-12H2,1-2H3,(H,21,22)/b20-13-. The molecule has 0 atom stereocenters. The summed E-state index contributed by atoms with van der Waals surface area (Å²) >= 11 is 3.81. The average Bonchev–Trinajstić information content (AvgIpc) is 2.60. The van der Waals surface area contributed by atoms with Crippen LogP contribution >= 0.6 is 34.4 Å². The lowest BCUT2D eigenvalue weighted by Gasteiger charge is -2.05. The molecule has 0 fully saturated rings. The number of halogens is 1. The van der Waals surface area contributed by atoms with Crippen molar-refractivity contribution in [2.24, 2.45) is 5.10 Å². The van der Waals surface area contributed by atoms with Gasteiger partial charge in [0.25, 0.3) is 0 Å². The van der Waals surface area contributed by atoms with Crippen molar-refractivity contribution in [1.82, 2.24) is 5.43 Å². The Morgan fingerprint density at radius 2 is 2.00 bits per heavy atom. The van der Waals surface area contributed by atoms with Crippen molar-refractivity contribution in [3.8, 4) is 5.75 Å². The molecule has 0 unspecified atom stereocenters. The molecule has 0 bridgehead atoms. The molecule has 0 aliphatic carbocycles. The van der Waals surface area contributed by atoms with E-state index in [0.717, 1.165) is 31.9 Å². The Labute approximate surface area is 160 Å². The number of nitrogens with one attached hydrogen (secondary N) is 1.